The van der Waals surface area contributed by atoms with E-state index in [1.165, 1.54) is 0 Å². The van der Waals surface area contributed by atoms with E-state index in [0.29, 0.717) is 24.5 Å². The van der Waals surface area contributed by atoms with Gasteiger partial charge < -0.3 is 4.57 Å². The van der Waals surface area contributed by atoms with E-state index < -0.39 is 10.0 Å². The van der Waals surface area contributed by atoms with Crippen LogP contribution in [0.25, 0.3) is 6.08 Å². The van der Waals surface area contributed by atoms with Crippen LogP contribution in [0.2, 0.25) is 0 Å². The van der Waals surface area contributed by atoms with Crippen LogP contribution < -0.4 is 5.56 Å². The molecule has 6 heteroatoms. The molecule has 2 aliphatic rings. The molecule has 0 saturated carbocycles. The number of allylic oxidation sites excluding steroid dienone is 1. The molecule has 2 aliphatic heterocycles. The van der Waals surface area contributed by atoms with E-state index in [9.17, 15) is 13.2 Å². The quantitative estimate of drug-likeness (QED) is 0.835. The first-order valence-corrected chi connectivity index (χ1v) is 10.4. The van der Waals surface area contributed by atoms with Gasteiger partial charge in [0.05, 0.1) is 4.90 Å². The van der Waals surface area contributed by atoms with Crippen molar-refractivity contribution in [3.8, 4) is 0 Å². The summed E-state index contributed by atoms with van der Waals surface area (Å²) in [5, 5.41) is 0. The van der Waals surface area contributed by atoms with Gasteiger partial charge in [-0.3, -0.25) is 4.79 Å². The number of hydrogen-bond acceptors (Lipinski definition) is 3. The predicted molar refractivity (Wildman–Crippen MR) is 101 cm³/mol. The summed E-state index contributed by atoms with van der Waals surface area (Å²) in [5.74, 6) is 0.208. The van der Waals surface area contributed by atoms with Gasteiger partial charge in [0.15, 0.2) is 0 Å². The first kappa shape index (κ1) is 17.2. The van der Waals surface area contributed by atoms with Gasteiger partial charge in [0.25, 0.3) is 5.56 Å². The number of benzene rings is 1. The average Bonchev–Trinajstić information content (AvgIpc) is 2.65. The molecule has 5 nitrogen and oxygen atoms in total. The van der Waals surface area contributed by atoms with E-state index in [1.54, 1.807) is 34.6 Å². The number of fused-ring (bicyclic) bond motifs is 4. The van der Waals surface area contributed by atoms with Gasteiger partial charge in [0.1, 0.15) is 0 Å². The molecule has 136 valence electrons. The number of nitrogens with zero attached hydrogens (tertiary/aromatic N) is 2. The predicted octanol–water partition coefficient (Wildman–Crippen LogP) is 2.69. The summed E-state index contributed by atoms with van der Waals surface area (Å²) in [7, 11) is -3.51. The van der Waals surface area contributed by atoms with Crippen LogP contribution in [0.5, 0.6) is 0 Å². The molecule has 1 aromatic heterocycles. The highest BCUT2D eigenvalue weighted by atomic mass is 32.2. The summed E-state index contributed by atoms with van der Waals surface area (Å²) in [6, 6.07) is 12.0. The normalized spacial score (nSPS) is 23.1. The topological polar surface area (TPSA) is 59.4 Å². The Hall–Kier alpha value is -2.18. The molecule has 1 saturated heterocycles. The number of rotatable bonds is 3. The maximum absolute atomic E-state index is 13.1. The fourth-order valence-electron chi connectivity index (χ4n) is 4.26. The molecular weight excluding hydrogens is 348 g/mol. The average molecular weight is 370 g/mol. The largest absolute Gasteiger partial charge is 0.311 e. The van der Waals surface area contributed by atoms with Gasteiger partial charge in [-0.05, 0) is 43.0 Å². The van der Waals surface area contributed by atoms with Crippen LogP contribution in [-0.4, -0.2) is 30.4 Å². The number of pyridine rings is 1. The van der Waals surface area contributed by atoms with Gasteiger partial charge in [0.2, 0.25) is 10.0 Å². The fraction of sp³-hybridized carbons (Fsp3) is 0.350. The monoisotopic (exact) mass is 370 g/mol. The van der Waals surface area contributed by atoms with Gasteiger partial charge in [-0.15, -0.1) is 0 Å². The smallest absolute Gasteiger partial charge is 0.250 e. The Balaban J connectivity index is 1.75. The minimum absolute atomic E-state index is 0.00215. The van der Waals surface area contributed by atoms with Gasteiger partial charge in [-0.1, -0.05) is 30.4 Å². The third-order valence-corrected chi connectivity index (χ3v) is 7.16. The van der Waals surface area contributed by atoms with Crippen molar-refractivity contribution in [2.45, 2.75) is 30.7 Å². The molecule has 2 unspecified atom stereocenters. The number of piperidine rings is 1. The second kappa shape index (κ2) is 6.52. The minimum Gasteiger partial charge on any atom is -0.311 e. The standard InChI is InChI=1S/C20H22N2O3S/c1-2-6-16-9-10-19(23)22-13-15-11-17(20(16)22)14-21(12-15)26(24,25)18-7-4-3-5-8-18/h2-10,15,17H,11-14H2,1H3. The number of aromatic nitrogens is 1. The molecule has 1 aromatic carbocycles. The lowest BCUT2D eigenvalue weighted by Gasteiger charge is -2.42. The molecule has 0 N–H and O–H groups in total. The second-order valence-electron chi connectivity index (χ2n) is 7.06. The van der Waals surface area contributed by atoms with Crippen LogP contribution in [0.4, 0.5) is 0 Å². The molecule has 3 heterocycles. The van der Waals surface area contributed by atoms with E-state index in [1.807, 2.05) is 35.8 Å². The third kappa shape index (κ3) is 2.83. The number of sulfonamides is 1. The Morgan fingerprint density at radius 2 is 1.81 bits per heavy atom. The lowest BCUT2D eigenvalue weighted by atomic mass is 9.82. The van der Waals surface area contributed by atoms with Gasteiger partial charge in [0, 0.05) is 37.3 Å². The van der Waals surface area contributed by atoms with Crippen molar-refractivity contribution in [2.24, 2.45) is 5.92 Å². The molecule has 0 amide bonds. The minimum atomic E-state index is -3.51. The zero-order valence-corrected chi connectivity index (χ0v) is 15.5. The summed E-state index contributed by atoms with van der Waals surface area (Å²) >= 11 is 0. The van der Waals surface area contributed by atoms with E-state index in [-0.39, 0.29) is 17.4 Å². The highest BCUT2D eigenvalue weighted by molar-refractivity contribution is 7.89. The van der Waals surface area contributed by atoms with Crippen molar-refractivity contribution in [3.05, 3.63) is 70.2 Å². The highest BCUT2D eigenvalue weighted by Crippen LogP contribution is 2.38. The summed E-state index contributed by atoms with van der Waals surface area (Å²) in [5.41, 5.74) is 1.98. The highest BCUT2D eigenvalue weighted by Gasteiger charge is 2.40. The molecule has 0 aliphatic carbocycles. The molecule has 2 bridgehead atoms. The van der Waals surface area contributed by atoms with Crippen LogP contribution in [0.15, 0.2) is 58.2 Å². The maximum atomic E-state index is 13.1. The van der Waals surface area contributed by atoms with Crippen LogP contribution >= 0.6 is 0 Å². The van der Waals surface area contributed by atoms with E-state index in [2.05, 4.69) is 0 Å². The SMILES string of the molecule is CC=Cc1ccc(=O)n2c1C1CC(CN(S(=O)(=O)c3ccccc3)C1)C2. The van der Waals surface area contributed by atoms with Crippen LogP contribution in [-0.2, 0) is 16.6 Å². The molecule has 2 aromatic rings. The van der Waals surface area contributed by atoms with Crippen LogP contribution in [0.3, 0.4) is 0 Å². The zero-order valence-electron chi connectivity index (χ0n) is 14.7. The van der Waals surface area contributed by atoms with E-state index >= 15 is 0 Å². The van der Waals surface area contributed by atoms with Gasteiger partial charge >= 0.3 is 0 Å². The van der Waals surface area contributed by atoms with Crippen molar-refractivity contribution >= 4 is 16.1 Å². The van der Waals surface area contributed by atoms with E-state index in [0.717, 1.165) is 17.7 Å². The molecule has 4 rings (SSSR count). The number of hydrogen-bond donors (Lipinski definition) is 0. The van der Waals surface area contributed by atoms with Crippen LogP contribution in [0, 0.1) is 5.92 Å². The Labute approximate surface area is 153 Å². The van der Waals surface area contributed by atoms with Gasteiger partial charge in [-0.2, -0.15) is 4.31 Å². The summed E-state index contributed by atoms with van der Waals surface area (Å²) in [6.45, 7) is 3.41. The van der Waals surface area contributed by atoms with Gasteiger partial charge in [-0.25, -0.2) is 8.42 Å². The first-order valence-electron chi connectivity index (χ1n) is 8.92. The Morgan fingerprint density at radius 3 is 2.54 bits per heavy atom. The molecule has 0 radical (unpaired) electrons. The van der Waals surface area contributed by atoms with E-state index in [4.69, 9.17) is 0 Å². The second-order valence-corrected chi connectivity index (χ2v) is 8.99. The summed E-state index contributed by atoms with van der Waals surface area (Å²) in [6.07, 6.45) is 4.87. The Kier molecular flexibility index (Phi) is 4.32. The lowest BCUT2D eigenvalue weighted by molar-refractivity contribution is 0.186. The lowest BCUT2D eigenvalue weighted by Crippen LogP contribution is -2.49. The van der Waals surface area contributed by atoms with Crippen molar-refractivity contribution < 1.29 is 8.42 Å². The molecule has 1 fully saturated rings. The van der Waals surface area contributed by atoms with Crippen molar-refractivity contribution in [3.63, 3.8) is 0 Å². The first-order chi connectivity index (χ1) is 12.5. The Bertz CT molecular complexity index is 1010. The molecular formula is C20H22N2O3S. The zero-order chi connectivity index (χ0) is 18.3. The Morgan fingerprint density at radius 1 is 1.04 bits per heavy atom. The van der Waals surface area contributed by atoms with Crippen molar-refractivity contribution in [1.29, 1.82) is 0 Å². The van der Waals surface area contributed by atoms with Crippen molar-refractivity contribution in [2.75, 3.05) is 13.1 Å². The van der Waals surface area contributed by atoms with Crippen LogP contribution in [0.1, 0.15) is 30.5 Å². The summed E-state index contributed by atoms with van der Waals surface area (Å²) in [4.78, 5) is 12.7. The summed E-state index contributed by atoms with van der Waals surface area (Å²) < 4.78 is 29.5. The molecule has 2 atom stereocenters. The fourth-order valence-corrected chi connectivity index (χ4v) is 5.84. The maximum Gasteiger partial charge on any atom is 0.250 e. The molecule has 0 spiro atoms. The van der Waals surface area contributed by atoms with Crippen molar-refractivity contribution in [1.82, 2.24) is 8.87 Å². The molecule has 26 heavy (non-hydrogen) atoms. The third-order valence-electron chi connectivity index (χ3n) is 5.32.